The monoisotopic (exact) mass is 949 g/mol. The van der Waals surface area contributed by atoms with Crippen LogP contribution < -0.4 is 21.3 Å². The van der Waals surface area contributed by atoms with Crippen molar-refractivity contribution < 1.29 is 71.3 Å². The third-order valence-electron chi connectivity index (χ3n) is 9.50. The molecular formula is C48H76N4O15. The van der Waals surface area contributed by atoms with E-state index in [4.69, 9.17) is 47.4 Å². The van der Waals surface area contributed by atoms with Crippen LogP contribution in [-0.4, -0.2) is 162 Å². The van der Waals surface area contributed by atoms with E-state index in [1.165, 1.54) is 0 Å². The van der Waals surface area contributed by atoms with Crippen LogP contribution in [0.2, 0.25) is 0 Å². The first-order chi connectivity index (χ1) is 32.9. The van der Waals surface area contributed by atoms with Crippen LogP contribution in [0.1, 0.15) is 62.5 Å². The molecule has 0 aliphatic heterocycles. The molecule has 0 aromatic heterocycles. The first-order valence-corrected chi connectivity index (χ1v) is 23.4. The van der Waals surface area contributed by atoms with Gasteiger partial charge in [0.25, 0.3) is 0 Å². The minimum absolute atomic E-state index is 0.0471. The average molecular weight is 949 g/mol. The Hall–Kier alpha value is -4.73. The van der Waals surface area contributed by atoms with Gasteiger partial charge >= 0.3 is 12.1 Å². The summed E-state index contributed by atoms with van der Waals surface area (Å²) in [6, 6.07) is 18.8. The Morgan fingerprint density at radius 2 is 0.866 bits per heavy atom. The van der Waals surface area contributed by atoms with E-state index >= 15 is 0 Å². The van der Waals surface area contributed by atoms with Gasteiger partial charge in [-0.05, 0) is 36.8 Å². The summed E-state index contributed by atoms with van der Waals surface area (Å²) in [6.45, 7) is 8.26. The van der Waals surface area contributed by atoms with E-state index in [0.717, 1.165) is 11.1 Å². The summed E-state index contributed by atoms with van der Waals surface area (Å²) < 4.78 is 54.5. The van der Waals surface area contributed by atoms with Gasteiger partial charge < -0.3 is 68.6 Å². The number of alkyl carbamates (subject to hydrolysis) is 1. The lowest BCUT2D eigenvalue weighted by molar-refractivity contribution is -0.148. The molecule has 2 aromatic rings. The summed E-state index contributed by atoms with van der Waals surface area (Å²) >= 11 is 0. The Kier molecular flexibility index (Phi) is 37.1. The van der Waals surface area contributed by atoms with Gasteiger partial charge in [-0.1, -0.05) is 67.1 Å². The topological polar surface area (TPSA) is 226 Å². The number of hydrogen-bond acceptors (Lipinski definition) is 15. The number of benzene rings is 2. The molecule has 0 heterocycles. The molecule has 0 unspecified atom stereocenters. The molecule has 19 heteroatoms. The molecule has 19 nitrogen and oxygen atoms in total. The molecular weight excluding hydrogens is 873 g/mol. The third kappa shape index (κ3) is 36.0. The van der Waals surface area contributed by atoms with Crippen LogP contribution in [0.4, 0.5) is 4.79 Å². The zero-order valence-electron chi connectivity index (χ0n) is 39.5. The van der Waals surface area contributed by atoms with Gasteiger partial charge in [0.15, 0.2) is 0 Å². The maximum atomic E-state index is 13.1. The van der Waals surface area contributed by atoms with Crippen LogP contribution in [0.5, 0.6) is 0 Å². The normalized spacial score (nSPS) is 11.4. The van der Waals surface area contributed by atoms with E-state index in [9.17, 15) is 24.0 Å². The highest BCUT2D eigenvalue weighted by molar-refractivity contribution is 5.83. The van der Waals surface area contributed by atoms with Gasteiger partial charge in [-0.3, -0.25) is 19.2 Å². The van der Waals surface area contributed by atoms with Crippen molar-refractivity contribution >= 4 is 29.8 Å². The standard InChI is InChI=1S/C48H76N4O15/c1-49-44(53)17-24-60-28-32-63-34-36-65-37-35-64-33-29-61-25-18-45(54)50-20-10-22-58-26-30-62-31-27-59-23-11-21-51-47(56)43(38-46(55)66-39-41-12-4-2-5-13-41)16-8-9-19-52-48(57)67-40-42-14-6-3-7-15-42/h2-7,12-15,43H,8-11,16-40H2,1H3,(H,49,53)(H,50,54)(H,51,56)(H,52,57)/t43-/m1/s1. The zero-order chi connectivity index (χ0) is 48.1. The zero-order valence-corrected chi connectivity index (χ0v) is 39.5. The lowest BCUT2D eigenvalue weighted by Gasteiger charge is -2.17. The number of carbonyl (C=O) groups is 5. The summed E-state index contributed by atoms with van der Waals surface area (Å²) in [5.41, 5.74) is 1.76. The Labute approximate surface area is 396 Å². The molecule has 1 atom stereocenters. The van der Waals surface area contributed by atoms with Crippen molar-refractivity contribution in [1.29, 1.82) is 0 Å². The van der Waals surface area contributed by atoms with Gasteiger partial charge in [0.1, 0.15) is 13.2 Å². The number of rotatable bonds is 44. The van der Waals surface area contributed by atoms with Crippen molar-refractivity contribution in [2.24, 2.45) is 5.92 Å². The van der Waals surface area contributed by atoms with Gasteiger partial charge in [-0.15, -0.1) is 0 Å². The van der Waals surface area contributed by atoms with Crippen molar-refractivity contribution in [3.63, 3.8) is 0 Å². The molecule has 0 saturated carbocycles. The smallest absolute Gasteiger partial charge is 0.407 e. The second-order valence-electron chi connectivity index (χ2n) is 15.0. The third-order valence-corrected chi connectivity index (χ3v) is 9.50. The fourth-order valence-corrected chi connectivity index (χ4v) is 5.80. The molecule has 0 aliphatic rings. The van der Waals surface area contributed by atoms with Gasteiger partial charge in [-0.25, -0.2) is 4.79 Å². The number of carbonyl (C=O) groups excluding carboxylic acids is 5. The first kappa shape index (κ1) is 58.4. The maximum absolute atomic E-state index is 13.1. The molecule has 0 fully saturated rings. The van der Waals surface area contributed by atoms with Crippen molar-refractivity contribution in [1.82, 2.24) is 21.3 Å². The lowest BCUT2D eigenvalue weighted by Crippen LogP contribution is -2.33. The number of amides is 4. The lowest BCUT2D eigenvalue weighted by atomic mass is 9.97. The van der Waals surface area contributed by atoms with Gasteiger partial charge in [-0.2, -0.15) is 0 Å². The minimum Gasteiger partial charge on any atom is -0.461 e. The predicted molar refractivity (Wildman–Crippen MR) is 248 cm³/mol. The molecule has 67 heavy (non-hydrogen) atoms. The van der Waals surface area contributed by atoms with Crippen LogP contribution >= 0.6 is 0 Å². The highest BCUT2D eigenvalue weighted by Crippen LogP contribution is 2.15. The maximum Gasteiger partial charge on any atom is 0.407 e. The Bertz CT molecular complexity index is 1540. The number of hydrogen-bond donors (Lipinski definition) is 4. The molecule has 378 valence electrons. The molecule has 4 N–H and O–H groups in total. The second-order valence-corrected chi connectivity index (χ2v) is 15.0. The van der Waals surface area contributed by atoms with Crippen LogP contribution in [0, 0.1) is 5.92 Å². The quantitative estimate of drug-likeness (QED) is 0.0551. The van der Waals surface area contributed by atoms with Crippen LogP contribution in [-0.2, 0) is 79.8 Å². The highest BCUT2D eigenvalue weighted by Gasteiger charge is 2.22. The highest BCUT2D eigenvalue weighted by atomic mass is 16.6. The first-order valence-electron chi connectivity index (χ1n) is 23.4. The van der Waals surface area contributed by atoms with Crippen molar-refractivity contribution in [2.75, 3.05) is 132 Å². The van der Waals surface area contributed by atoms with Crippen molar-refractivity contribution in [3.05, 3.63) is 71.8 Å². The van der Waals surface area contributed by atoms with E-state index in [1.54, 1.807) is 7.05 Å². The summed E-state index contributed by atoms with van der Waals surface area (Å²) in [6.07, 6.45) is 2.99. The molecule has 0 radical (unpaired) electrons. The molecule has 4 amide bonds. The minimum atomic E-state index is -0.574. The summed E-state index contributed by atoms with van der Waals surface area (Å²) in [5, 5.41) is 11.0. The molecule has 2 aromatic carbocycles. The van der Waals surface area contributed by atoms with Gasteiger partial charge in [0.2, 0.25) is 17.7 Å². The SMILES string of the molecule is CNC(=O)CCOCCOCCOCCOCCOCCC(=O)NCCCOCCOCCOCCCNC(=O)[C@H](CCCCNC(=O)OCc1ccccc1)CC(=O)OCc1ccccc1. The van der Waals surface area contributed by atoms with Crippen LogP contribution in [0.3, 0.4) is 0 Å². The molecule has 0 spiro atoms. The molecule has 0 aliphatic carbocycles. The number of ether oxygens (including phenoxy) is 10. The summed E-state index contributed by atoms with van der Waals surface area (Å²) in [7, 11) is 1.59. The van der Waals surface area contributed by atoms with Crippen LogP contribution in [0.15, 0.2) is 60.7 Å². The Morgan fingerprint density at radius 1 is 0.448 bits per heavy atom. The Balaban J connectivity index is 1.38. The number of unbranched alkanes of at least 4 members (excludes halogenated alkanes) is 1. The van der Waals surface area contributed by atoms with Gasteiger partial charge in [0, 0.05) is 58.7 Å². The van der Waals surface area contributed by atoms with E-state index < -0.39 is 18.0 Å². The molecule has 0 bridgehead atoms. The number of esters is 1. The van der Waals surface area contributed by atoms with E-state index in [-0.39, 0.29) is 43.8 Å². The molecule has 0 saturated heterocycles. The van der Waals surface area contributed by atoms with Gasteiger partial charge in [0.05, 0.1) is 98.9 Å². The number of nitrogens with one attached hydrogen (secondary N) is 4. The average Bonchev–Trinajstić information content (AvgIpc) is 3.34. The van der Waals surface area contributed by atoms with Crippen LogP contribution in [0.25, 0.3) is 0 Å². The van der Waals surface area contributed by atoms with Crippen molar-refractivity contribution in [2.45, 2.75) is 64.6 Å². The second kappa shape index (κ2) is 42.6. The fourth-order valence-electron chi connectivity index (χ4n) is 5.80. The van der Waals surface area contributed by atoms with E-state index in [0.29, 0.717) is 164 Å². The Morgan fingerprint density at radius 3 is 1.36 bits per heavy atom. The summed E-state index contributed by atoms with van der Waals surface area (Å²) in [4.78, 5) is 61.0. The predicted octanol–water partition coefficient (Wildman–Crippen LogP) is 3.50. The van der Waals surface area contributed by atoms with Crippen molar-refractivity contribution in [3.8, 4) is 0 Å². The fraction of sp³-hybridized carbons (Fsp3) is 0.646. The molecule has 2 rings (SSSR count). The largest absolute Gasteiger partial charge is 0.461 e. The van der Waals surface area contributed by atoms with E-state index in [2.05, 4.69) is 21.3 Å². The summed E-state index contributed by atoms with van der Waals surface area (Å²) in [5.74, 6) is -1.39. The van der Waals surface area contributed by atoms with E-state index in [1.807, 2.05) is 60.7 Å².